The van der Waals surface area contributed by atoms with Crippen LogP contribution >= 0.6 is 0 Å². The van der Waals surface area contributed by atoms with Gasteiger partial charge in [0.25, 0.3) is 0 Å². The molecule has 1 heterocycles. The first kappa shape index (κ1) is 14.0. The minimum atomic E-state index is -0.333. The zero-order chi connectivity index (χ0) is 13.8. The van der Waals surface area contributed by atoms with Gasteiger partial charge in [0.15, 0.2) is 0 Å². The van der Waals surface area contributed by atoms with Crippen LogP contribution in [0.15, 0.2) is 24.3 Å². The number of rotatable bonds is 5. The number of halogens is 1. The number of amides is 1. The minimum absolute atomic E-state index is 0.0526. The van der Waals surface area contributed by atoms with E-state index in [2.05, 4.69) is 12.2 Å². The summed E-state index contributed by atoms with van der Waals surface area (Å²) in [4.78, 5) is 13.8. The molecular formula is C15H21FN2O. The van der Waals surface area contributed by atoms with Crippen LogP contribution in [0.4, 0.5) is 4.39 Å². The first-order chi connectivity index (χ1) is 9.15. The number of hydrogen-bond acceptors (Lipinski definition) is 2. The van der Waals surface area contributed by atoms with Gasteiger partial charge in [-0.05, 0) is 19.4 Å². The molecule has 1 aromatic rings. The number of unbranched alkanes of at least 4 members (excludes halogenated alkanes) is 1. The number of nitrogens with zero attached hydrogens (tertiary/aromatic N) is 1. The van der Waals surface area contributed by atoms with Crippen LogP contribution < -0.4 is 5.32 Å². The van der Waals surface area contributed by atoms with Crippen molar-refractivity contribution >= 4 is 5.91 Å². The summed E-state index contributed by atoms with van der Waals surface area (Å²) in [5.74, 6) is -0.209. The quantitative estimate of drug-likeness (QED) is 0.887. The van der Waals surface area contributed by atoms with Gasteiger partial charge in [0.1, 0.15) is 12.0 Å². The Morgan fingerprint density at radius 3 is 2.89 bits per heavy atom. The molecule has 1 saturated heterocycles. The van der Waals surface area contributed by atoms with Gasteiger partial charge in [-0.15, -0.1) is 0 Å². The van der Waals surface area contributed by atoms with Gasteiger partial charge in [-0.25, -0.2) is 4.39 Å². The molecule has 2 rings (SSSR count). The highest BCUT2D eigenvalue weighted by molar-refractivity contribution is 5.81. The van der Waals surface area contributed by atoms with Crippen molar-refractivity contribution in [2.24, 2.45) is 0 Å². The molecule has 1 aliphatic heterocycles. The topological polar surface area (TPSA) is 32.3 Å². The highest BCUT2D eigenvalue weighted by atomic mass is 19.1. The molecule has 1 fully saturated rings. The second kappa shape index (κ2) is 6.15. The zero-order valence-corrected chi connectivity index (χ0v) is 11.5. The predicted octanol–water partition coefficient (Wildman–Crippen LogP) is 2.83. The van der Waals surface area contributed by atoms with Gasteiger partial charge in [-0.3, -0.25) is 10.1 Å². The monoisotopic (exact) mass is 264 g/mol. The van der Waals surface area contributed by atoms with Crippen molar-refractivity contribution in [3.63, 3.8) is 0 Å². The highest BCUT2D eigenvalue weighted by Crippen LogP contribution is 2.28. The molecule has 0 saturated carbocycles. The van der Waals surface area contributed by atoms with Gasteiger partial charge in [-0.1, -0.05) is 38.0 Å². The maximum atomic E-state index is 13.9. The van der Waals surface area contributed by atoms with E-state index in [4.69, 9.17) is 0 Å². The minimum Gasteiger partial charge on any atom is -0.319 e. The van der Waals surface area contributed by atoms with Crippen molar-refractivity contribution in [3.05, 3.63) is 35.6 Å². The highest BCUT2D eigenvalue weighted by Gasteiger charge is 2.35. The molecule has 2 unspecified atom stereocenters. The summed E-state index contributed by atoms with van der Waals surface area (Å²) in [5.41, 5.74) is 0.552. The molecule has 3 nitrogen and oxygen atoms in total. The van der Waals surface area contributed by atoms with Crippen LogP contribution in [0.1, 0.15) is 44.8 Å². The Hall–Kier alpha value is -1.42. The van der Waals surface area contributed by atoms with Gasteiger partial charge in [-0.2, -0.15) is 0 Å². The average Bonchev–Trinajstić information content (AvgIpc) is 2.78. The van der Waals surface area contributed by atoms with E-state index < -0.39 is 0 Å². The van der Waals surface area contributed by atoms with Crippen LogP contribution in [-0.4, -0.2) is 23.4 Å². The molecule has 1 aliphatic rings. The number of nitrogens with one attached hydrogen (secondary N) is 1. The van der Waals surface area contributed by atoms with E-state index >= 15 is 0 Å². The third kappa shape index (κ3) is 2.95. The van der Waals surface area contributed by atoms with E-state index in [9.17, 15) is 9.18 Å². The number of benzene rings is 1. The van der Waals surface area contributed by atoms with E-state index in [0.717, 1.165) is 19.3 Å². The van der Waals surface area contributed by atoms with Crippen molar-refractivity contribution < 1.29 is 9.18 Å². The molecule has 19 heavy (non-hydrogen) atoms. The summed E-state index contributed by atoms with van der Waals surface area (Å²) in [7, 11) is 0. The van der Waals surface area contributed by atoms with Crippen molar-refractivity contribution in [2.75, 3.05) is 6.54 Å². The Labute approximate surface area is 113 Å². The third-order valence-electron chi connectivity index (χ3n) is 3.66. The third-order valence-corrected chi connectivity index (χ3v) is 3.66. The van der Waals surface area contributed by atoms with Crippen LogP contribution in [-0.2, 0) is 4.79 Å². The molecule has 1 aromatic carbocycles. The lowest BCUT2D eigenvalue weighted by Crippen LogP contribution is -2.38. The Balaban J connectivity index is 2.20. The fraction of sp³-hybridized carbons (Fsp3) is 0.533. The smallest absolute Gasteiger partial charge is 0.238 e. The van der Waals surface area contributed by atoms with E-state index in [-0.39, 0.29) is 30.5 Å². The van der Waals surface area contributed by atoms with E-state index in [1.807, 2.05) is 6.92 Å². The second-order valence-electron chi connectivity index (χ2n) is 5.10. The summed E-state index contributed by atoms with van der Waals surface area (Å²) in [6, 6.07) is 6.78. The van der Waals surface area contributed by atoms with Crippen molar-refractivity contribution in [1.82, 2.24) is 10.2 Å². The lowest BCUT2D eigenvalue weighted by molar-refractivity contribution is -0.130. The molecule has 1 N–H and O–H groups in total. The molecule has 4 heteroatoms. The SMILES string of the molecule is CCCCC(C)N1C(=O)CNC1c1ccccc1F. The van der Waals surface area contributed by atoms with Crippen molar-refractivity contribution in [2.45, 2.75) is 45.3 Å². The molecule has 0 spiro atoms. The average molecular weight is 264 g/mol. The zero-order valence-electron chi connectivity index (χ0n) is 11.5. The fourth-order valence-electron chi connectivity index (χ4n) is 2.61. The van der Waals surface area contributed by atoms with Gasteiger partial charge in [0, 0.05) is 11.6 Å². The molecular weight excluding hydrogens is 243 g/mol. The lowest BCUT2D eigenvalue weighted by Gasteiger charge is -2.31. The molecule has 1 amide bonds. The summed E-state index contributed by atoms with van der Waals surface area (Å²) < 4.78 is 13.9. The number of hydrogen-bond donors (Lipinski definition) is 1. The van der Waals surface area contributed by atoms with Crippen LogP contribution in [0.3, 0.4) is 0 Å². The van der Waals surface area contributed by atoms with Crippen LogP contribution in [0.5, 0.6) is 0 Å². The maximum absolute atomic E-state index is 13.9. The Bertz CT molecular complexity index is 450. The molecule has 0 aromatic heterocycles. The first-order valence-electron chi connectivity index (χ1n) is 6.94. The Kier molecular flexibility index (Phi) is 4.53. The normalized spacial score (nSPS) is 20.9. The molecule has 104 valence electrons. The van der Waals surface area contributed by atoms with Crippen LogP contribution in [0.25, 0.3) is 0 Å². The largest absolute Gasteiger partial charge is 0.319 e. The molecule has 0 aliphatic carbocycles. The predicted molar refractivity (Wildman–Crippen MR) is 73.0 cm³/mol. The van der Waals surface area contributed by atoms with Gasteiger partial charge >= 0.3 is 0 Å². The standard InChI is InChI=1S/C15H21FN2O/c1-3-4-7-11(2)18-14(19)10-17-15(18)12-8-5-6-9-13(12)16/h5-6,8-9,11,15,17H,3-4,7,10H2,1-2H3. The number of carbonyl (C=O) groups is 1. The molecule has 0 radical (unpaired) electrons. The fourth-order valence-corrected chi connectivity index (χ4v) is 2.61. The van der Waals surface area contributed by atoms with Gasteiger partial charge < -0.3 is 4.90 Å². The first-order valence-corrected chi connectivity index (χ1v) is 6.94. The van der Waals surface area contributed by atoms with E-state index in [1.54, 1.807) is 23.1 Å². The van der Waals surface area contributed by atoms with Gasteiger partial charge in [0.05, 0.1) is 6.54 Å². The Morgan fingerprint density at radius 2 is 2.21 bits per heavy atom. The maximum Gasteiger partial charge on any atom is 0.238 e. The Morgan fingerprint density at radius 1 is 1.47 bits per heavy atom. The molecule has 2 atom stereocenters. The van der Waals surface area contributed by atoms with Crippen LogP contribution in [0.2, 0.25) is 0 Å². The van der Waals surface area contributed by atoms with Crippen molar-refractivity contribution in [1.29, 1.82) is 0 Å². The lowest BCUT2D eigenvalue weighted by atomic mass is 10.1. The summed E-state index contributed by atoms with van der Waals surface area (Å²) >= 11 is 0. The van der Waals surface area contributed by atoms with Crippen LogP contribution in [0, 0.1) is 5.82 Å². The van der Waals surface area contributed by atoms with E-state index in [1.165, 1.54) is 6.07 Å². The second-order valence-corrected chi connectivity index (χ2v) is 5.10. The van der Waals surface area contributed by atoms with E-state index in [0.29, 0.717) is 5.56 Å². The summed E-state index contributed by atoms with van der Waals surface area (Å²) in [6.07, 6.45) is 2.80. The summed E-state index contributed by atoms with van der Waals surface area (Å²) in [5, 5.41) is 3.11. The van der Waals surface area contributed by atoms with Crippen molar-refractivity contribution in [3.8, 4) is 0 Å². The molecule has 0 bridgehead atoms. The van der Waals surface area contributed by atoms with Gasteiger partial charge in [0.2, 0.25) is 5.91 Å². The summed E-state index contributed by atoms with van der Waals surface area (Å²) in [6.45, 7) is 4.45. The number of carbonyl (C=O) groups excluding carboxylic acids is 1.